The van der Waals surface area contributed by atoms with Crippen molar-refractivity contribution in [2.45, 2.75) is 6.04 Å². The van der Waals surface area contributed by atoms with Crippen molar-refractivity contribution < 1.29 is 5.11 Å². The summed E-state index contributed by atoms with van der Waals surface area (Å²) >= 11 is 1.64. The molecule has 0 aliphatic rings. The Hall–Kier alpha value is -0.900. The number of hydrogen-bond acceptors (Lipinski definition) is 3. The lowest BCUT2D eigenvalue weighted by Crippen LogP contribution is -2.12. The van der Waals surface area contributed by atoms with E-state index in [0.29, 0.717) is 0 Å². The highest BCUT2D eigenvalue weighted by Crippen LogP contribution is 2.28. The molecule has 2 aromatic rings. The van der Waals surface area contributed by atoms with Gasteiger partial charge in [-0.2, -0.15) is 0 Å². The maximum absolute atomic E-state index is 8.90. The third kappa shape index (κ3) is 1.58. The van der Waals surface area contributed by atoms with Crippen molar-refractivity contribution in [3.8, 4) is 0 Å². The van der Waals surface area contributed by atoms with Gasteiger partial charge in [0.15, 0.2) is 0 Å². The highest BCUT2D eigenvalue weighted by molar-refractivity contribution is 7.19. The Bertz CT molecular complexity index is 377. The molecule has 0 saturated heterocycles. The topological polar surface area (TPSA) is 46.2 Å². The van der Waals surface area contributed by atoms with E-state index in [9.17, 15) is 0 Å². The van der Waals surface area contributed by atoms with Gasteiger partial charge in [-0.25, -0.2) is 0 Å². The molecule has 1 aromatic heterocycles. The molecule has 2 rings (SSSR count). The summed E-state index contributed by atoms with van der Waals surface area (Å²) in [6.07, 6.45) is 0. The number of nitrogens with two attached hydrogens (primary N) is 1. The average molecular weight is 193 g/mol. The first kappa shape index (κ1) is 8.69. The van der Waals surface area contributed by atoms with Crippen molar-refractivity contribution in [3.05, 3.63) is 35.2 Å². The van der Waals surface area contributed by atoms with Crippen LogP contribution in [0.5, 0.6) is 0 Å². The van der Waals surface area contributed by atoms with Crippen LogP contribution in [0, 0.1) is 0 Å². The molecule has 2 nitrogen and oxygen atoms in total. The molecule has 0 amide bonds. The van der Waals surface area contributed by atoms with E-state index in [0.717, 1.165) is 4.88 Å². The zero-order valence-corrected chi connectivity index (χ0v) is 7.92. The minimum absolute atomic E-state index is 0.00677. The number of fused-ring (bicyclic) bond motifs is 1. The van der Waals surface area contributed by atoms with Gasteiger partial charge in [0, 0.05) is 9.58 Å². The third-order valence-electron chi connectivity index (χ3n) is 2.01. The quantitative estimate of drug-likeness (QED) is 0.765. The van der Waals surface area contributed by atoms with Gasteiger partial charge in [-0.15, -0.1) is 11.3 Å². The number of thiophene rings is 1. The van der Waals surface area contributed by atoms with Crippen molar-refractivity contribution in [1.29, 1.82) is 0 Å². The molecule has 0 fully saturated rings. The summed E-state index contributed by atoms with van der Waals surface area (Å²) in [5, 5.41) is 10.1. The molecular weight excluding hydrogens is 182 g/mol. The molecule has 13 heavy (non-hydrogen) atoms. The first-order chi connectivity index (χ1) is 6.31. The Morgan fingerprint density at radius 3 is 2.85 bits per heavy atom. The van der Waals surface area contributed by atoms with Gasteiger partial charge in [0.05, 0.1) is 12.6 Å². The average Bonchev–Trinajstić information content (AvgIpc) is 2.59. The molecule has 1 atom stereocenters. The number of aliphatic hydroxyl groups is 1. The molecule has 0 aliphatic heterocycles. The summed E-state index contributed by atoms with van der Waals surface area (Å²) in [7, 11) is 0. The molecule has 0 spiro atoms. The van der Waals surface area contributed by atoms with Crippen molar-refractivity contribution in [1.82, 2.24) is 0 Å². The predicted octanol–water partition coefficient (Wildman–Crippen LogP) is 1.89. The Kier molecular flexibility index (Phi) is 2.31. The van der Waals surface area contributed by atoms with Gasteiger partial charge in [-0.1, -0.05) is 18.2 Å². The van der Waals surface area contributed by atoms with Crippen LogP contribution < -0.4 is 5.73 Å². The van der Waals surface area contributed by atoms with E-state index in [4.69, 9.17) is 10.8 Å². The smallest absolute Gasteiger partial charge is 0.0632 e. The van der Waals surface area contributed by atoms with E-state index in [2.05, 4.69) is 12.1 Å². The van der Waals surface area contributed by atoms with E-state index < -0.39 is 0 Å². The fourth-order valence-electron chi connectivity index (χ4n) is 1.28. The van der Waals surface area contributed by atoms with E-state index >= 15 is 0 Å². The van der Waals surface area contributed by atoms with Gasteiger partial charge in [0.1, 0.15) is 0 Å². The van der Waals surface area contributed by atoms with E-state index in [1.54, 1.807) is 11.3 Å². The van der Waals surface area contributed by atoms with Crippen molar-refractivity contribution >= 4 is 21.4 Å². The maximum atomic E-state index is 8.90. The Balaban J connectivity index is 2.49. The summed E-state index contributed by atoms with van der Waals surface area (Å²) in [6.45, 7) is 0.00677. The summed E-state index contributed by atoms with van der Waals surface area (Å²) < 4.78 is 1.22. The molecule has 1 heterocycles. The lowest BCUT2D eigenvalue weighted by atomic mass is 10.2. The Morgan fingerprint density at radius 2 is 2.15 bits per heavy atom. The molecule has 0 unspecified atom stereocenters. The minimum atomic E-state index is -0.239. The van der Waals surface area contributed by atoms with Crippen LogP contribution in [-0.4, -0.2) is 11.7 Å². The van der Waals surface area contributed by atoms with Gasteiger partial charge in [-0.05, 0) is 17.5 Å². The molecule has 1 aromatic carbocycles. The van der Waals surface area contributed by atoms with Crippen molar-refractivity contribution in [2.75, 3.05) is 6.61 Å². The molecule has 68 valence electrons. The highest BCUT2D eigenvalue weighted by atomic mass is 32.1. The van der Waals surface area contributed by atoms with Crippen molar-refractivity contribution in [3.63, 3.8) is 0 Å². The second kappa shape index (κ2) is 3.46. The second-order valence-electron chi connectivity index (χ2n) is 2.98. The maximum Gasteiger partial charge on any atom is 0.0632 e. The Labute approximate surface area is 80.6 Å². The van der Waals surface area contributed by atoms with E-state index in [1.807, 2.05) is 18.2 Å². The van der Waals surface area contributed by atoms with Crippen molar-refractivity contribution in [2.24, 2.45) is 5.73 Å². The molecular formula is C10H11NOS. The summed E-state index contributed by atoms with van der Waals surface area (Å²) in [4.78, 5) is 1.05. The van der Waals surface area contributed by atoms with Gasteiger partial charge >= 0.3 is 0 Å². The molecule has 0 saturated carbocycles. The van der Waals surface area contributed by atoms with Gasteiger partial charge < -0.3 is 10.8 Å². The zero-order valence-electron chi connectivity index (χ0n) is 7.10. The largest absolute Gasteiger partial charge is 0.394 e. The lowest BCUT2D eigenvalue weighted by molar-refractivity contribution is 0.269. The highest BCUT2D eigenvalue weighted by Gasteiger charge is 2.07. The van der Waals surface area contributed by atoms with Crippen LogP contribution in [0.4, 0.5) is 0 Å². The van der Waals surface area contributed by atoms with Crippen LogP contribution in [0.25, 0.3) is 10.1 Å². The minimum Gasteiger partial charge on any atom is -0.394 e. The molecule has 0 radical (unpaired) electrons. The zero-order chi connectivity index (χ0) is 9.26. The van der Waals surface area contributed by atoms with E-state index in [1.165, 1.54) is 10.1 Å². The molecule has 3 heteroatoms. The summed E-state index contributed by atoms with van der Waals surface area (Å²) in [5.41, 5.74) is 5.72. The summed E-state index contributed by atoms with van der Waals surface area (Å²) in [6, 6.07) is 9.93. The molecule has 3 N–H and O–H groups in total. The first-order valence-corrected chi connectivity index (χ1v) is 4.98. The summed E-state index contributed by atoms with van der Waals surface area (Å²) in [5.74, 6) is 0. The third-order valence-corrected chi connectivity index (χ3v) is 3.25. The predicted molar refractivity (Wildman–Crippen MR) is 55.8 cm³/mol. The fourth-order valence-corrected chi connectivity index (χ4v) is 2.33. The number of benzene rings is 1. The van der Waals surface area contributed by atoms with Crippen LogP contribution in [0.2, 0.25) is 0 Å². The van der Waals surface area contributed by atoms with Crippen LogP contribution in [0.15, 0.2) is 30.3 Å². The van der Waals surface area contributed by atoms with Crippen LogP contribution in [0.1, 0.15) is 10.9 Å². The molecule has 0 aliphatic carbocycles. The second-order valence-corrected chi connectivity index (χ2v) is 4.09. The standard InChI is InChI=1S/C10H11NOS/c11-8(6-12)10-5-7-3-1-2-4-9(7)13-10/h1-5,8,12H,6,11H2/t8-/m0/s1. The van der Waals surface area contributed by atoms with Crippen LogP contribution >= 0.6 is 11.3 Å². The fraction of sp³-hybridized carbons (Fsp3) is 0.200. The monoisotopic (exact) mass is 193 g/mol. The first-order valence-electron chi connectivity index (χ1n) is 4.16. The molecule has 0 bridgehead atoms. The number of aliphatic hydroxyl groups excluding tert-OH is 1. The van der Waals surface area contributed by atoms with E-state index in [-0.39, 0.29) is 12.6 Å². The normalized spacial score (nSPS) is 13.4. The SMILES string of the molecule is N[C@@H](CO)c1cc2ccccc2s1. The van der Waals surface area contributed by atoms with Crippen LogP contribution in [0.3, 0.4) is 0 Å². The van der Waals surface area contributed by atoms with Gasteiger partial charge in [0.2, 0.25) is 0 Å². The number of rotatable bonds is 2. The lowest BCUT2D eigenvalue weighted by Gasteiger charge is -2.02. The van der Waals surface area contributed by atoms with Crippen LogP contribution in [-0.2, 0) is 0 Å². The Morgan fingerprint density at radius 1 is 1.38 bits per heavy atom. The number of hydrogen-bond donors (Lipinski definition) is 2. The van der Waals surface area contributed by atoms with Gasteiger partial charge in [-0.3, -0.25) is 0 Å². The van der Waals surface area contributed by atoms with Gasteiger partial charge in [0.25, 0.3) is 0 Å².